The van der Waals surface area contributed by atoms with Gasteiger partial charge in [-0.15, -0.1) is 0 Å². The minimum Gasteiger partial charge on any atom is -0.479 e. The van der Waals surface area contributed by atoms with E-state index in [4.69, 9.17) is 42.6 Å². The molecule has 0 amide bonds. The van der Waals surface area contributed by atoms with Crippen LogP contribution in [0.1, 0.15) is 120 Å². The van der Waals surface area contributed by atoms with Crippen molar-refractivity contribution in [2.45, 2.75) is 260 Å². The van der Waals surface area contributed by atoms with Gasteiger partial charge in [-0.3, -0.25) is 0 Å². The van der Waals surface area contributed by atoms with Crippen LogP contribution in [-0.4, -0.2) is 233 Å². The molecule has 23 nitrogen and oxygen atoms in total. The fourth-order valence-corrected chi connectivity index (χ4v) is 17.9. The molecule has 10 rings (SSSR count). The summed E-state index contributed by atoms with van der Waals surface area (Å²) in [6.45, 7) is 16.3. The van der Waals surface area contributed by atoms with Gasteiger partial charge in [-0.2, -0.15) is 0 Å². The Balaban J connectivity index is 0.969. The van der Waals surface area contributed by atoms with Crippen LogP contribution in [0.3, 0.4) is 0 Å². The first-order valence-electron chi connectivity index (χ1n) is 28.1. The lowest BCUT2D eigenvalue weighted by Gasteiger charge is -2.75. The van der Waals surface area contributed by atoms with E-state index in [9.17, 15) is 71.2 Å². The predicted molar refractivity (Wildman–Crippen MR) is 261 cm³/mol. The van der Waals surface area contributed by atoms with Gasteiger partial charge >= 0.3 is 5.97 Å². The molecule has 5 saturated heterocycles. The van der Waals surface area contributed by atoms with E-state index >= 15 is 0 Å². The molecule has 0 aromatic heterocycles. The molecule has 0 aromatic carbocycles. The van der Waals surface area contributed by atoms with Gasteiger partial charge in [0.1, 0.15) is 85.5 Å². The number of ether oxygens (including phenoxy) is 9. The molecule has 2 bridgehead atoms. The highest BCUT2D eigenvalue weighted by atomic mass is 16.8. The average Bonchev–Trinajstić information content (AvgIpc) is 3.94. The summed E-state index contributed by atoms with van der Waals surface area (Å²) >= 11 is 0. The molecule has 0 aromatic rings. The van der Waals surface area contributed by atoms with Crippen LogP contribution in [-0.2, 0) is 47.4 Å². The first-order valence-corrected chi connectivity index (χ1v) is 28.1. The zero-order valence-corrected chi connectivity index (χ0v) is 45.5. The number of carboxylic acids is 1. The van der Waals surface area contributed by atoms with Crippen LogP contribution in [0.2, 0.25) is 0 Å². The third-order valence-corrected chi connectivity index (χ3v) is 22.5. The quantitative estimate of drug-likeness (QED) is 0.108. The molecular formula is C54H88O23. The van der Waals surface area contributed by atoms with E-state index in [1.165, 1.54) is 6.92 Å². The van der Waals surface area contributed by atoms with Gasteiger partial charge in [-0.25, -0.2) is 4.79 Å². The molecule has 5 saturated carbocycles. The minimum atomic E-state index is -2.22. The average molecular weight is 1110 g/mol. The summed E-state index contributed by atoms with van der Waals surface area (Å²) in [4.78, 5) is 13.2. The number of aliphatic hydroxyl groups excluding tert-OH is 12. The molecule has 442 valence electrons. The lowest BCUT2D eigenvalue weighted by Crippen LogP contribution is -2.74. The van der Waals surface area contributed by atoms with Crippen molar-refractivity contribution in [3.63, 3.8) is 0 Å². The Kier molecular flexibility index (Phi) is 15.6. The topological polar surface area (TPSA) is 363 Å². The summed E-state index contributed by atoms with van der Waals surface area (Å²) in [5.41, 5.74) is -1.95. The van der Waals surface area contributed by atoms with Crippen molar-refractivity contribution in [1.29, 1.82) is 0 Å². The Morgan fingerprint density at radius 2 is 1.10 bits per heavy atom. The number of carbonyl (C=O) groups is 1. The molecule has 10 fully saturated rings. The fourth-order valence-electron chi connectivity index (χ4n) is 17.9. The maximum atomic E-state index is 13.2. The number of aliphatic hydroxyl groups is 12. The molecule has 77 heavy (non-hydrogen) atoms. The summed E-state index contributed by atoms with van der Waals surface area (Å²) in [6.07, 6.45) is -30.0. The SMILES string of the molecule is C[C@@H]1O[C@@H](O[C@H]2[C@H](O[C@H]3[C@H](O)[C@@H](C(=O)O)O[C@@H](O[C@H]4CC[C@]5(C)[C@H]6CC[C@]78OC[C@]9(CCC(C)(C)C[C@H]97)[C@H](O)C[C@@]8(C)[C@]6(C)CC[C@H]5C4(C)C)[C@@H]3O[C@@H]3O[C@H](CO)[C@@H](O)[C@H](O)[C@H]3O)O[C@H](CO)[C@H](O)[C@@H]2O)[C@H](O)[C@H](O)[C@H]1O. The van der Waals surface area contributed by atoms with E-state index in [0.29, 0.717) is 25.9 Å². The Morgan fingerprint density at radius 1 is 0.532 bits per heavy atom. The number of hydrogen-bond donors (Lipinski definition) is 13. The van der Waals surface area contributed by atoms with Crippen LogP contribution < -0.4 is 0 Å². The lowest BCUT2D eigenvalue weighted by molar-refractivity contribution is -0.406. The van der Waals surface area contributed by atoms with E-state index < -0.39 is 160 Å². The highest BCUT2D eigenvalue weighted by Gasteiger charge is 2.80. The minimum absolute atomic E-state index is 0.0214. The Hall–Kier alpha value is -1.37. The number of hydrogen-bond acceptors (Lipinski definition) is 22. The molecule has 13 N–H and O–H groups in total. The van der Waals surface area contributed by atoms with Gasteiger partial charge in [0.05, 0.1) is 43.7 Å². The largest absolute Gasteiger partial charge is 0.479 e. The third kappa shape index (κ3) is 8.87. The van der Waals surface area contributed by atoms with E-state index in [1.807, 2.05) is 0 Å². The molecule has 10 aliphatic rings. The maximum absolute atomic E-state index is 13.2. The van der Waals surface area contributed by atoms with Crippen LogP contribution >= 0.6 is 0 Å². The molecular weight excluding hydrogens is 1020 g/mol. The predicted octanol–water partition coefficient (Wildman–Crippen LogP) is -1.23. The summed E-state index contributed by atoms with van der Waals surface area (Å²) in [7, 11) is 0. The Morgan fingerprint density at radius 3 is 1.75 bits per heavy atom. The number of carboxylic acid groups (broad SMARTS) is 1. The van der Waals surface area contributed by atoms with Crippen molar-refractivity contribution >= 4 is 5.97 Å². The van der Waals surface area contributed by atoms with E-state index in [1.54, 1.807) is 0 Å². The number of rotatable bonds is 11. The Bertz CT molecular complexity index is 2140. The van der Waals surface area contributed by atoms with Gasteiger partial charge in [-0.1, -0.05) is 48.5 Å². The fraction of sp³-hybridized carbons (Fsp3) is 0.981. The second-order valence-corrected chi connectivity index (χ2v) is 27.1. The number of fused-ring (bicyclic) bond motifs is 4. The standard InChI is InChI=1S/C54H88O23/c1-22-30(58)33(61)36(64)44(70-22)76-41-35(63)32(60)24(20-56)72-46(41)74-39-38(66)40(43(67)68)75-47(42(39)77-45-37(65)34(62)31(59)23(19-55)71-45)73-29-11-12-50(6)25(49(29,4)5)9-13-51(7)26(50)10-14-54-27-17-48(2,3)15-16-53(27,21-69-54)28(57)18-52(51,54)8/h22-42,44-47,55-66H,9-21H2,1-8H3,(H,67,68)/t22-,23+,24+,25-,26+,27+,28+,29-,30-,31+,32-,33+,34-,35-,36+,37+,38-,39-,40-,41+,42+,44-,45-,46-,47+,50-,51+,52-,53-,54-/m0/s1. The molecule has 0 radical (unpaired) electrons. The van der Waals surface area contributed by atoms with E-state index in [0.717, 1.165) is 44.9 Å². The van der Waals surface area contributed by atoms with Gasteiger partial charge in [0.15, 0.2) is 31.3 Å². The smallest absolute Gasteiger partial charge is 0.335 e. The van der Waals surface area contributed by atoms with Gasteiger partial charge in [0, 0.05) is 10.8 Å². The molecule has 0 unspecified atom stereocenters. The van der Waals surface area contributed by atoms with Gasteiger partial charge in [0.2, 0.25) is 0 Å². The van der Waals surface area contributed by atoms with E-state index in [-0.39, 0.29) is 50.4 Å². The zero-order valence-electron chi connectivity index (χ0n) is 45.5. The van der Waals surface area contributed by atoms with Crippen molar-refractivity contribution in [3.8, 4) is 0 Å². The summed E-state index contributed by atoms with van der Waals surface area (Å²) < 4.78 is 56.4. The normalized spacial score (nSPS) is 57.0. The van der Waals surface area contributed by atoms with E-state index in [2.05, 4.69) is 48.5 Å². The third-order valence-electron chi connectivity index (χ3n) is 22.5. The van der Waals surface area contributed by atoms with Crippen molar-refractivity contribution in [1.82, 2.24) is 0 Å². The van der Waals surface area contributed by atoms with Gasteiger partial charge < -0.3 is 109 Å². The summed E-state index contributed by atoms with van der Waals surface area (Å²) in [5.74, 6) is -1.19. The summed E-state index contributed by atoms with van der Waals surface area (Å²) in [6, 6.07) is 0. The Labute approximate surface area is 449 Å². The molecule has 1 spiro atoms. The summed E-state index contributed by atoms with van der Waals surface area (Å²) in [5, 5.41) is 143. The van der Waals surface area contributed by atoms with Gasteiger partial charge in [-0.05, 0) is 111 Å². The van der Waals surface area contributed by atoms with Crippen molar-refractivity contribution in [2.75, 3.05) is 19.8 Å². The van der Waals surface area contributed by atoms with Gasteiger partial charge in [0.25, 0.3) is 0 Å². The van der Waals surface area contributed by atoms with Crippen molar-refractivity contribution in [2.24, 2.45) is 50.2 Å². The highest BCUT2D eigenvalue weighted by Crippen LogP contribution is 2.80. The first kappa shape index (κ1) is 58.8. The van der Waals surface area contributed by atoms with Crippen LogP contribution in [0, 0.1) is 50.2 Å². The van der Waals surface area contributed by atoms with Crippen LogP contribution in [0.5, 0.6) is 0 Å². The van der Waals surface area contributed by atoms with Crippen LogP contribution in [0.25, 0.3) is 0 Å². The molecule has 23 heteroatoms. The molecule has 5 aliphatic heterocycles. The van der Waals surface area contributed by atoms with Crippen molar-refractivity contribution in [3.05, 3.63) is 0 Å². The second-order valence-electron chi connectivity index (χ2n) is 27.1. The van der Waals surface area contributed by atoms with Crippen LogP contribution in [0.4, 0.5) is 0 Å². The molecule has 5 aliphatic carbocycles. The lowest BCUT2D eigenvalue weighted by atomic mass is 9.30. The molecule has 5 heterocycles. The zero-order chi connectivity index (χ0) is 56.1. The molecule has 30 atom stereocenters. The maximum Gasteiger partial charge on any atom is 0.335 e. The second kappa shape index (κ2) is 20.5. The number of aliphatic carboxylic acids is 1. The highest BCUT2D eigenvalue weighted by molar-refractivity contribution is 5.73. The monoisotopic (exact) mass is 1100 g/mol. The van der Waals surface area contributed by atoms with Crippen molar-refractivity contribution < 1.29 is 114 Å². The first-order chi connectivity index (χ1) is 36.0. The van der Waals surface area contributed by atoms with Crippen LogP contribution in [0.15, 0.2) is 0 Å².